The van der Waals surface area contributed by atoms with E-state index in [2.05, 4.69) is 4.98 Å². The normalized spacial score (nSPS) is 11.8. The highest BCUT2D eigenvalue weighted by atomic mass is 19.4. The van der Waals surface area contributed by atoms with E-state index in [9.17, 15) is 22.8 Å². The maximum Gasteiger partial charge on any atom is 0.471 e. The van der Waals surface area contributed by atoms with Crippen LogP contribution in [0.1, 0.15) is 35.5 Å². The van der Waals surface area contributed by atoms with Gasteiger partial charge in [-0.1, -0.05) is 44.2 Å². The van der Waals surface area contributed by atoms with E-state index in [1.807, 2.05) is 19.2 Å². The molecule has 8 heteroatoms. The quantitative estimate of drug-likeness (QED) is 0.663. The average Bonchev–Trinajstić information content (AvgIpc) is 2.97. The van der Waals surface area contributed by atoms with Gasteiger partial charge in [-0.25, -0.2) is 4.98 Å². The highest BCUT2D eigenvalue weighted by molar-refractivity contribution is 6.09. The molecule has 2 aromatic heterocycles. The van der Waals surface area contributed by atoms with Gasteiger partial charge in [0.05, 0.1) is 5.69 Å². The summed E-state index contributed by atoms with van der Waals surface area (Å²) in [6.45, 7) is 3.79. The summed E-state index contributed by atoms with van der Waals surface area (Å²) >= 11 is 0. The van der Waals surface area contributed by atoms with Crippen molar-refractivity contribution in [3.63, 3.8) is 0 Å². The Morgan fingerprint density at radius 2 is 1.75 bits per heavy atom. The third-order valence-electron chi connectivity index (χ3n) is 4.11. The Bertz CT molecular complexity index is 1020. The molecule has 0 unspecified atom stereocenters. The second-order valence-electron chi connectivity index (χ2n) is 6.80. The van der Waals surface area contributed by atoms with E-state index in [1.54, 1.807) is 53.1 Å². The Hall–Kier alpha value is -3.16. The molecule has 0 saturated carbocycles. The van der Waals surface area contributed by atoms with Crippen molar-refractivity contribution in [3.8, 4) is 0 Å². The van der Waals surface area contributed by atoms with Gasteiger partial charge in [0, 0.05) is 17.3 Å². The maximum atomic E-state index is 12.7. The van der Waals surface area contributed by atoms with Crippen LogP contribution >= 0.6 is 0 Å². The van der Waals surface area contributed by atoms with Crippen molar-refractivity contribution >= 4 is 23.2 Å². The highest BCUT2D eigenvalue weighted by Crippen LogP contribution is 2.25. The summed E-state index contributed by atoms with van der Waals surface area (Å²) in [6, 6.07) is 11.8. The summed E-state index contributed by atoms with van der Waals surface area (Å²) in [7, 11) is 0. The number of amides is 1. The molecule has 0 aliphatic rings. The first-order chi connectivity index (χ1) is 13.2. The number of aromatic nitrogens is 2. The number of alkyl halides is 3. The number of anilines is 1. The van der Waals surface area contributed by atoms with Gasteiger partial charge in [0.1, 0.15) is 5.65 Å². The summed E-state index contributed by atoms with van der Waals surface area (Å²) in [5.74, 6) is -2.36. The molecule has 0 saturated heterocycles. The number of halogens is 3. The Labute approximate surface area is 159 Å². The third-order valence-corrected chi connectivity index (χ3v) is 4.11. The molecular weight excluding hydrogens is 371 g/mol. The lowest BCUT2D eigenvalue weighted by Gasteiger charge is -2.10. The van der Waals surface area contributed by atoms with Gasteiger partial charge in [-0.15, -0.1) is 0 Å². The van der Waals surface area contributed by atoms with Gasteiger partial charge in [0.2, 0.25) is 0 Å². The number of hydrogen-bond acceptors (Lipinski definition) is 3. The molecule has 1 amide bonds. The molecule has 0 atom stereocenters. The van der Waals surface area contributed by atoms with E-state index in [1.165, 1.54) is 0 Å². The molecule has 28 heavy (non-hydrogen) atoms. The van der Waals surface area contributed by atoms with Crippen LogP contribution in [0.4, 0.5) is 19.0 Å². The minimum atomic E-state index is -5.01. The lowest BCUT2D eigenvalue weighted by molar-refractivity contribution is -0.167. The zero-order chi connectivity index (χ0) is 20.5. The van der Waals surface area contributed by atoms with E-state index in [0.29, 0.717) is 28.9 Å². The number of fused-ring (bicyclic) bond motifs is 1. The monoisotopic (exact) mass is 389 g/mol. The largest absolute Gasteiger partial charge is 0.471 e. The van der Waals surface area contributed by atoms with Crippen LogP contribution in [0.25, 0.3) is 5.65 Å². The highest BCUT2D eigenvalue weighted by Gasteiger charge is 2.39. The zero-order valence-electron chi connectivity index (χ0n) is 15.2. The molecular formula is C20H18F3N3O2. The van der Waals surface area contributed by atoms with E-state index in [4.69, 9.17) is 0 Å². The SMILES string of the molecule is CC(C)Cc1c(NC(=O)C(F)(F)F)nc2ccc(C(=O)c3ccccc3)cn12. The zero-order valence-corrected chi connectivity index (χ0v) is 15.2. The van der Waals surface area contributed by atoms with Crippen molar-refractivity contribution in [1.29, 1.82) is 0 Å². The number of benzene rings is 1. The number of hydrogen-bond donors (Lipinski definition) is 1. The van der Waals surface area contributed by atoms with Crippen LogP contribution in [0.15, 0.2) is 48.7 Å². The summed E-state index contributed by atoms with van der Waals surface area (Å²) < 4.78 is 39.5. The van der Waals surface area contributed by atoms with Gasteiger partial charge in [0.25, 0.3) is 0 Å². The molecule has 146 valence electrons. The summed E-state index contributed by atoms with van der Waals surface area (Å²) in [4.78, 5) is 28.2. The minimum absolute atomic E-state index is 0.0925. The van der Waals surface area contributed by atoms with Crippen LogP contribution in [0.2, 0.25) is 0 Å². The number of carbonyl (C=O) groups is 2. The van der Waals surface area contributed by atoms with Crippen LogP contribution in [0.3, 0.4) is 0 Å². The van der Waals surface area contributed by atoms with E-state index < -0.39 is 12.1 Å². The smallest absolute Gasteiger partial charge is 0.301 e. The molecule has 0 radical (unpaired) electrons. The Balaban J connectivity index is 2.06. The third kappa shape index (κ3) is 4.05. The fourth-order valence-electron chi connectivity index (χ4n) is 2.84. The van der Waals surface area contributed by atoms with Crippen molar-refractivity contribution in [2.75, 3.05) is 5.32 Å². The van der Waals surface area contributed by atoms with Crippen molar-refractivity contribution in [1.82, 2.24) is 9.38 Å². The fourth-order valence-corrected chi connectivity index (χ4v) is 2.84. The molecule has 2 heterocycles. The van der Waals surface area contributed by atoms with Crippen LogP contribution in [0.5, 0.6) is 0 Å². The van der Waals surface area contributed by atoms with Crippen molar-refractivity contribution in [2.45, 2.75) is 26.4 Å². The molecule has 3 aromatic rings. The number of nitrogens with zero attached hydrogens (tertiary/aromatic N) is 2. The first-order valence-corrected chi connectivity index (χ1v) is 8.65. The number of carbonyl (C=O) groups excluding carboxylic acids is 2. The van der Waals surface area contributed by atoms with Crippen molar-refractivity contribution in [3.05, 3.63) is 65.5 Å². The van der Waals surface area contributed by atoms with Crippen LogP contribution in [-0.4, -0.2) is 27.3 Å². The van der Waals surface area contributed by atoms with Crippen LogP contribution in [0, 0.1) is 5.92 Å². The molecule has 0 fully saturated rings. The second kappa shape index (κ2) is 7.46. The molecule has 0 bridgehead atoms. The predicted molar refractivity (Wildman–Crippen MR) is 98.3 cm³/mol. The molecule has 0 aliphatic carbocycles. The number of pyridine rings is 1. The summed E-state index contributed by atoms with van der Waals surface area (Å²) in [5, 5.41) is 1.84. The number of imidazole rings is 1. The fraction of sp³-hybridized carbons (Fsp3) is 0.250. The van der Waals surface area contributed by atoms with Gasteiger partial charge in [-0.2, -0.15) is 13.2 Å². The Morgan fingerprint density at radius 1 is 1.07 bits per heavy atom. The van der Waals surface area contributed by atoms with E-state index in [-0.39, 0.29) is 17.5 Å². The molecule has 1 N–H and O–H groups in total. The van der Waals surface area contributed by atoms with E-state index >= 15 is 0 Å². The minimum Gasteiger partial charge on any atom is -0.301 e. The summed E-state index contributed by atoms with van der Waals surface area (Å²) in [6.07, 6.45) is -3.10. The van der Waals surface area contributed by atoms with E-state index in [0.717, 1.165) is 0 Å². The van der Waals surface area contributed by atoms with Gasteiger partial charge in [-0.05, 0) is 24.5 Å². The van der Waals surface area contributed by atoms with Gasteiger partial charge in [0.15, 0.2) is 11.6 Å². The molecule has 1 aromatic carbocycles. The standard InChI is InChI=1S/C20H18F3N3O2/c1-12(2)10-15-18(25-19(28)20(21,22)23)24-16-9-8-14(11-26(15)16)17(27)13-6-4-3-5-7-13/h3-9,11-12H,10H2,1-2H3,(H,25,28). The molecule has 0 aliphatic heterocycles. The molecule has 0 spiro atoms. The number of nitrogens with one attached hydrogen (secondary N) is 1. The lowest BCUT2D eigenvalue weighted by Crippen LogP contribution is -2.30. The molecule has 5 nitrogen and oxygen atoms in total. The van der Waals surface area contributed by atoms with Gasteiger partial charge in [-0.3, -0.25) is 9.59 Å². The van der Waals surface area contributed by atoms with Gasteiger partial charge >= 0.3 is 12.1 Å². The number of ketones is 1. The topological polar surface area (TPSA) is 63.5 Å². The van der Waals surface area contributed by atoms with Crippen molar-refractivity contribution in [2.24, 2.45) is 5.92 Å². The Morgan fingerprint density at radius 3 is 2.36 bits per heavy atom. The van der Waals surface area contributed by atoms with Crippen molar-refractivity contribution < 1.29 is 22.8 Å². The first kappa shape index (κ1) is 19.6. The Kier molecular flexibility index (Phi) is 5.22. The summed E-state index contributed by atoms with van der Waals surface area (Å²) in [5.41, 5.74) is 1.62. The number of rotatable bonds is 5. The molecule has 3 rings (SSSR count). The van der Waals surface area contributed by atoms with Gasteiger partial charge < -0.3 is 9.72 Å². The first-order valence-electron chi connectivity index (χ1n) is 8.65. The maximum absolute atomic E-state index is 12.7. The predicted octanol–water partition coefficient (Wildman–Crippen LogP) is 4.26. The average molecular weight is 389 g/mol. The second-order valence-corrected chi connectivity index (χ2v) is 6.80. The van der Waals surface area contributed by atoms with Crippen LogP contribution < -0.4 is 5.32 Å². The van der Waals surface area contributed by atoms with Crippen LogP contribution in [-0.2, 0) is 11.2 Å². The lowest BCUT2D eigenvalue weighted by atomic mass is 10.0.